The van der Waals surface area contributed by atoms with E-state index in [9.17, 15) is 4.79 Å². The van der Waals surface area contributed by atoms with Crippen LogP contribution >= 0.6 is 23.4 Å². The second-order valence-corrected chi connectivity index (χ2v) is 7.89. The first-order chi connectivity index (χ1) is 13.6. The van der Waals surface area contributed by atoms with E-state index in [0.717, 1.165) is 22.0 Å². The number of carbonyl (C=O) groups is 1. The molecule has 6 nitrogen and oxygen atoms in total. The first-order valence-electron chi connectivity index (χ1n) is 8.69. The predicted molar refractivity (Wildman–Crippen MR) is 110 cm³/mol. The molecule has 0 saturated heterocycles. The van der Waals surface area contributed by atoms with E-state index in [1.165, 1.54) is 11.8 Å². The maximum absolute atomic E-state index is 12.4. The van der Waals surface area contributed by atoms with Gasteiger partial charge in [-0.3, -0.25) is 4.79 Å². The molecule has 0 bridgehead atoms. The van der Waals surface area contributed by atoms with Crippen molar-refractivity contribution in [1.29, 1.82) is 0 Å². The van der Waals surface area contributed by atoms with Crippen LogP contribution in [0.1, 0.15) is 12.5 Å². The first kappa shape index (κ1) is 18.6. The highest BCUT2D eigenvalue weighted by atomic mass is 35.5. The molecule has 0 fully saturated rings. The zero-order chi connectivity index (χ0) is 19.5. The smallest absolute Gasteiger partial charge is 0.277 e. The fourth-order valence-electron chi connectivity index (χ4n) is 2.79. The molecule has 4 aromatic rings. The van der Waals surface area contributed by atoms with Crippen LogP contribution < -0.4 is 5.32 Å². The third-order valence-electron chi connectivity index (χ3n) is 4.28. The summed E-state index contributed by atoms with van der Waals surface area (Å²) in [7, 11) is 0. The van der Waals surface area contributed by atoms with Gasteiger partial charge in [0.05, 0.1) is 10.8 Å². The van der Waals surface area contributed by atoms with E-state index < -0.39 is 5.25 Å². The Hall–Kier alpha value is -2.77. The van der Waals surface area contributed by atoms with E-state index in [1.807, 2.05) is 48.7 Å². The molecule has 0 saturated carbocycles. The number of halogens is 1. The standard InChI is InChI=1S/C20H17ClN4O2S/c1-12(18(26)23-10-13-6-2-4-8-16(13)21)28-20-25-24-19(27-20)15-11-22-17-9-5-3-7-14(15)17/h2-9,11-12,22H,10H2,1H3,(H,23,26)/t12-/m1/s1. The van der Waals surface area contributed by atoms with Crippen LogP contribution in [0.5, 0.6) is 0 Å². The van der Waals surface area contributed by atoms with Crippen LogP contribution in [0, 0.1) is 0 Å². The molecule has 4 rings (SSSR count). The van der Waals surface area contributed by atoms with E-state index in [4.69, 9.17) is 16.0 Å². The Bertz CT molecular complexity index is 1120. The van der Waals surface area contributed by atoms with E-state index in [1.54, 1.807) is 13.0 Å². The van der Waals surface area contributed by atoms with Crippen molar-refractivity contribution in [3.05, 3.63) is 65.3 Å². The minimum absolute atomic E-state index is 0.128. The highest BCUT2D eigenvalue weighted by molar-refractivity contribution is 8.00. The molecule has 1 atom stereocenters. The monoisotopic (exact) mass is 412 g/mol. The van der Waals surface area contributed by atoms with E-state index in [2.05, 4.69) is 20.5 Å². The van der Waals surface area contributed by atoms with Crippen LogP contribution in [-0.2, 0) is 11.3 Å². The zero-order valence-electron chi connectivity index (χ0n) is 15.0. The molecule has 2 heterocycles. The molecule has 0 unspecified atom stereocenters. The zero-order valence-corrected chi connectivity index (χ0v) is 16.6. The number of fused-ring (bicyclic) bond motifs is 1. The number of amides is 1. The lowest BCUT2D eigenvalue weighted by atomic mass is 10.2. The van der Waals surface area contributed by atoms with Crippen molar-refractivity contribution in [2.45, 2.75) is 23.9 Å². The highest BCUT2D eigenvalue weighted by Gasteiger charge is 2.19. The Labute approximate surface area is 170 Å². The maximum Gasteiger partial charge on any atom is 0.277 e. The van der Waals surface area contributed by atoms with Crippen molar-refractivity contribution in [3.8, 4) is 11.5 Å². The molecule has 0 aliphatic carbocycles. The molecule has 0 aliphatic heterocycles. The molecular weight excluding hydrogens is 396 g/mol. The number of nitrogens with zero attached hydrogens (tertiary/aromatic N) is 2. The highest BCUT2D eigenvalue weighted by Crippen LogP contribution is 2.30. The molecule has 0 spiro atoms. The number of H-pyrrole nitrogens is 1. The molecule has 2 aromatic carbocycles. The molecule has 0 aliphatic rings. The summed E-state index contributed by atoms with van der Waals surface area (Å²) in [5, 5.41) is 12.7. The number of nitrogens with one attached hydrogen (secondary N) is 2. The molecule has 2 aromatic heterocycles. The third kappa shape index (κ3) is 3.90. The van der Waals surface area contributed by atoms with Crippen molar-refractivity contribution < 1.29 is 9.21 Å². The van der Waals surface area contributed by atoms with Gasteiger partial charge >= 0.3 is 0 Å². The average Bonchev–Trinajstić information content (AvgIpc) is 3.33. The summed E-state index contributed by atoms with van der Waals surface area (Å²) in [5.74, 6) is 0.292. The van der Waals surface area contributed by atoms with Gasteiger partial charge in [0.25, 0.3) is 11.1 Å². The summed E-state index contributed by atoms with van der Waals surface area (Å²) < 4.78 is 5.76. The van der Waals surface area contributed by atoms with Crippen LogP contribution in [0.15, 0.2) is 64.4 Å². The minimum Gasteiger partial charge on any atom is -0.411 e. The Morgan fingerprint density at radius 3 is 2.86 bits per heavy atom. The number of aromatic amines is 1. The first-order valence-corrected chi connectivity index (χ1v) is 9.95. The number of rotatable bonds is 6. The molecule has 0 radical (unpaired) electrons. The number of aromatic nitrogens is 3. The quantitative estimate of drug-likeness (QED) is 0.449. The van der Waals surface area contributed by atoms with Crippen molar-refractivity contribution >= 4 is 40.2 Å². The summed E-state index contributed by atoms with van der Waals surface area (Å²) in [5.41, 5.74) is 2.71. The van der Waals surface area contributed by atoms with Crippen LogP contribution in [0.4, 0.5) is 0 Å². The second kappa shape index (κ2) is 8.08. The van der Waals surface area contributed by atoms with Gasteiger partial charge in [0.15, 0.2) is 0 Å². The molecule has 2 N–H and O–H groups in total. The summed E-state index contributed by atoms with van der Waals surface area (Å²) in [6, 6.07) is 15.3. The Kier molecular flexibility index (Phi) is 5.36. The number of para-hydroxylation sites is 1. The Balaban J connectivity index is 1.40. The van der Waals surface area contributed by atoms with Crippen molar-refractivity contribution in [3.63, 3.8) is 0 Å². The van der Waals surface area contributed by atoms with Gasteiger partial charge < -0.3 is 14.7 Å². The number of hydrogen-bond acceptors (Lipinski definition) is 5. The van der Waals surface area contributed by atoms with Crippen LogP contribution in [-0.4, -0.2) is 26.3 Å². The summed E-state index contributed by atoms with van der Waals surface area (Å²) >= 11 is 7.34. The lowest BCUT2D eigenvalue weighted by Gasteiger charge is -2.10. The van der Waals surface area contributed by atoms with Gasteiger partial charge in [0, 0.05) is 28.7 Å². The SMILES string of the molecule is C[C@@H](Sc1nnc(-c2c[nH]c3ccccc23)o1)C(=O)NCc1ccccc1Cl. The van der Waals surface area contributed by atoms with Gasteiger partial charge in [-0.1, -0.05) is 59.8 Å². The molecule has 1 amide bonds. The van der Waals surface area contributed by atoms with Crippen molar-refractivity contribution in [1.82, 2.24) is 20.5 Å². The van der Waals surface area contributed by atoms with E-state index in [0.29, 0.717) is 22.7 Å². The van der Waals surface area contributed by atoms with Crippen LogP contribution in [0.25, 0.3) is 22.4 Å². The fourth-order valence-corrected chi connectivity index (χ4v) is 3.70. The fraction of sp³-hybridized carbons (Fsp3) is 0.150. The number of thioether (sulfide) groups is 1. The van der Waals surface area contributed by atoms with Crippen molar-refractivity contribution in [2.24, 2.45) is 0 Å². The van der Waals surface area contributed by atoms with Gasteiger partial charge in [-0.25, -0.2) is 0 Å². The van der Waals surface area contributed by atoms with Crippen LogP contribution in [0.2, 0.25) is 5.02 Å². The number of carbonyl (C=O) groups excluding carboxylic acids is 1. The van der Waals surface area contributed by atoms with Gasteiger partial charge in [-0.15, -0.1) is 10.2 Å². The number of hydrogen-bond donors (Lipinski definition) is 2. The van der Waals surface area contributed by atoms with Crippen LogP contribution in [0.3, 0.4) is 0 Å². The maximum atomic E-state index is 12.4. The van der Waals surface area contributed by atoms with Crippen molar-refractivity contribution in [2.75, 3.05) is 0 Å². The van der Waals surface area contributed by atoms with Gasteiger partial charge in [-0.2, -0.15) is 0 Å². The van der Waals surface area contributed by atoms with Gasteiger partial charge in [-0.05, 0) is 24.6 Å². The predicted octanol–water partition coefficient (Wildman–Crippen LogP) is 4.67. The number of benzene rings is 2. The third-order valence-corrected chi connectivity index (χ3v) is 5.59. The Morgan fingerprint density at radius 2 is 2.00 bits per heavy atom. The molecular formula is C20H17ClN4O2S. The van der Waals surface area contributed by atoms with E-state index in [-0.39, 0.29) is 5.91 Å². The normalized spacial score (nSPS) is 12.2. The molecule has 28 heavy (non-hydrogen) atoms. The largest absolute Gasteiger partial charge is 0.411 e. The minimum atomic E-state index is -0.390. The lowest BCUT2D eigenvalue weighted by Crippen LogP contribution is -2.30. The summed E-state index contributed by atoms with van der Waals surface area (Å²) in [6.07, 6.45) is 1.84. The second-order valence-electron chi connectivity index (χ2n) is 6.19. The summed E-state index contributed by atoms with van der Waals surface area (Å²) in [6.45, 7) is 2.16. The lowest BCUT2D eigenvalue weighted by molar-refractivity contribution is -0.120. The van der Waals surface area contributed by atoms with Gasteiger partial charge in [0.2, 0.25) is 5.91 Å². The molecule has 8 heteroatoms. The van der Waals surface area contributed by atoms with E-state index >= 15 is 0 Å². The topological polar surface area (TPSA) is 83.8 Å². The Morgan fingerprint density at radius 1 is 1.21 bits per heavy atom. The average molecular weight is 413 g/mol. The summed E-state index contributed by atoms with van der Waals surface area (Å²) in [4.78, 5) is 15.6. The van der Waals surface area contributed by atoms with Gasteiger partial charge in [0.1, 0.15) is 0 Å². The molecule has 142 valence electrons.